The maximum absolute atomic E-state index is 2.47. The average molecular weight is 661 g/mol. The Kier molecular flexibility index (Phi) is 6.17. The van der Waals surface area contributed by atoms with Gasteiger partial charge in [0.15, 0.2) is 0 Å². The summed E-state index contributed by atoms with van der Waals surface area (Å²) in [5, 5.41) is 7.75. The molecule has 0 saturated heterocycles. The molecule has 1 unspecified atom stereocenters. The van der Waals surface area contributed by atoms with Gasteiger partial charge in [0.1, 0.15) is 0 Å². The van der Waals surface area contributed by atoms with Crippen molar-refractivity contribution in [3.05, 3.63) is 204 Å². The van der Waals surface area contributed by atoms with E-state index < -0.39 is 0 Å². The van der Waals surface area contributed by atoms with Crippen LogP contribution < -0.4 is 0 Å². The second-order valence-corrected chi connectivity index (χ2v) is 15.2. The predicted molar refractivity (Wildman–Crippen MR) is 220 cm³/mol. The fourth-order valence-electron chi connectivity index (χ4n) is 9.71. The summed E-state index contributed by atoms with van der Waals surface area (Å²) in [5.41, 5.74) is 17.4. The SMILES string of the molecule is CC1(C)c2ccc(-c3c4ccccc4c(-c4ccc5c(c4)-c4ccccc4C5c4ccccc4)c4ccccc34)cc2-c2cc3ccccc3cc21. The Morgan fingerprint density at radius 3 is 1.54 bits per heavy atom. The second-order valence-electron chi connectivity index (χ2n) is 15.2. The van der Waals surface area contributed by atoms with E-state index in [0.717, 1.165) is 0 Å². The Morgan fingerprint density at radius 2 is 0.865 bits per heavy atom. The molecular weight excluding hydrogens is 625 g/mol. The van der Waals surface area contributed by atoms with Crippen molar-refractivity contribution in [2.75, 3.05) is 0 Å². The summed E-state index contributed by atoms with van der Waals surface area (Å²) >= 11 is 0. The molecule has 0 fully saturated rings. The van der Waals surface area contributed by atoms with Gasteiger partial charge in [-0.05, 0) is 129 Å². The van der Waals surface area contributed by atoms with Gasteiger partial charge >= 0.3 is 0 Å². The molecule has 0 radical (unpaired) electrons. The van der Waals surface area contributed by atoms with Crippen LogP contribution in [-0.2, 0) is 5.41 Å². The van der Waals surface area contributed by atoms with E-state index >= 15 is 0 Å². The van der Waals surface area contributed by atoms with Crippen molar-refractivity contribution in [2.24, 2.45) is 0 Å². The van der Waals surface area contributed by atoms with Gasteiger partial charge in [0.2, 0.25) is 0 Å². The van der Waals surface area contributed by atoms with Crippen LogP contribution in [-0.4, -0.2) is 0 Å². The van der Waals surface area contributed by atoms with Crippen molar-refractivity contribution < 1.29 is 0 Å². The lowest BCUT2D eigenvalue weighted by Crippen LogP contribution is -2.14. The number of hydrogen-bond donors (Lipinski definition) is 0. The molecule has 0 amide bonds. The monoisotopic (exact) mass is 660 g/mol. The molecule has 2 aliphatic rings. The Labute approximate surface area is 304 Å². The smallest absolute Gasteiger partial charge is 0.0352 e. The number of hydrogen-bond acceptors (Lipinski definition) is 0. The third-order valence-corrected chi connectivity index (χ3v) is 12.1. The van der Waals surface area contributed by atoms with Crippen molar-refractivity contribution in [3.8, 4) is 44.5 Å². The van der Waals surface area contributed by atoms with Crippen LogP contribution in [0.15, 0.2) is 176 Å². The maximum atomic E-state index is 2.47. The van der Waals surface area contributed by atoms with Crippen LogP contribution in [0.2, 0.25) is 0 Å². The van der Waals surface area contributed by atoms with E-state index in [2.05, 4.69) is 190 Å². The van der Waals surface area contributed by atoms with Gasteiger partial charge in [-0.25, -0.2) is 0 Å². The topological polar surface area (TPSA) is 0 Å². The van der Waals surface area contributed by atoms with E-state index in [-0.39, 0.29) is 11.3 Å². The summed E-state index contributed by atoms with van der Waals surface area (Å²) in [7, 11) is 0. The molecular formula is C52H36. The largest absolute Gasteiger partial charge is 0.0622 e. The molecule has 0 bridgehead atoms. The summed E-state index contributed by atoms with van der Waals surface area (Å²) < 4.78 is 0. The Bertz CT molecular complexity index is 2870. The molecule has 52 heavy (non-hydrogen) atoms. The summed E-state index contributed by atoms with van der Waals surface area (Å²) in [5.74, 6) is 0.241. The van der Waals surface area contributed by atoms with Gasteiger partial charge in [0, 0.05) is 11.3 Å². The lowest BCUT2D eigenvalue weighted by Gasteiger charge is -2.22. The molecule has 0 aromatic heterocycles. The third-order valence-electron chi connectivity index (χ3n) is 12.1. The predicted octanol–water partition coefficient (Wildman–Crippen LogP) is 13.9. The molecule has 11 rings (SSSR count). The minimum Gasteiger partial charge on any atom is -0.0622 e. The minimum atomic E-state index is -0.0626. The summed E-state index contributed by atoms with van der Waals surface area (Å²) in [6.07, 6.45) is 0. The number of benzene rings is 9. The first-order chi connectivity index (χ1) is 25.6. The van der Waals surface area contributed by atoms with Crippen molar-refractivity contribution in [3.63, 3.8) is 0 Å². The molecule has 9 aromatic carbocycles. The maximum Gasteiger partial charge on any atom is 0.0352 e. The highest BCUT2D eigenvalue weighted by Gasteiger charge is 2.36. The van der Waals surface area contributed by atoms with Crippen LogP contribution in [0.1, 0.15) is 47.6 Å². The van der Waals surface area contributed by atoms with Gasteiger partial charge < -0.3 is 0 Å². The van der Waals surface area contributed by atoms with E-state index in [1.165, 1.54) is 105 Å². The molecule has 0 aliphatic heterocycles. The van der Waals surface area contributed by atoms with Gasteiger partial charge in [-0.3, -0.25) is 0 Å². The number of rotatable bonds is 3. The highest BCUT2D eigenvalue weighted by Crippen LogP contribution is 2.53. The normalized spacial score (nSPS) is 15.1. The van der Waals surface area contributed by atoms with Gasteiger partial charge in [0.05, 0.1) is 0 Å². The highest BCUT2D eigenvalue weighted by molar-refractivity contribution is 6.21. The lowest BCUT2D eigenvalue weighted by molar-refractivity contribution is 0.661. The molecule has 0 saturated carbocycles. The fraction of sp³-hybridized carbons (Fsp3) is 0.0769. The molecule has 9 aromatic rings. The molecule has 1 atom stereocenters. The van der Waals surface area contributed by atoms with Crippen molar-refractivity contribution in [2.45, 2.75) is 25.2 Å². The second kappa shape index (κ2) is 10.9. The van der Waals surface area contributed by atoms with Crippen LogP contribution >= 0.6 is 0 Å². The molecule has 0 heteroatoms. The van der Waals surface area contributed by atoms with Gasteiger partial charge in [-0.1, -0.05) is 166 Å². The van der Waals surface area contributed by atoms with Gasteiger partial charge in [-0.2, -0.15) is 0 Å². The van der Waals surface area contributed by atoms with E-state index in [0.29, 0.717) is 0 Å². The molecule has 0 N–H and O–H groups in total. The summed E-state index contributed by atoms with van der Waals surface area (Å²) in [6, 6.07) is 66.1. The summed E-state index contributed by atoms with van der Waals surface area (Å²) in [6.45, 7) is 4.76. The zero-order valence-corrected chi connectivity index (χ0v) is 29.3. The fourth-order valence-corrected chi connectivity index (χ4v) is 9.71. The third kappa shape index (κ3) is 4.10. The Balaban J connectivity index is 1.14. The Hall–Kier alpha value is -6.24. The van der Waals surface area contributed by atoms with Crippen LogP contribution in [0.25, 0.3) is 76.8 Å². The van der Waals surface area contributed by atoms with E-state index in [1.54, 1.807) is 0 Å². The average Bonchev–Trinajstić information content (AvgIpc) is 3.63. The van der Waals surface area contributed by atoms with Crippen LogP contribution in [0.5, 0.6) is 0 Å². The van der Waals surface area contributed by atoms with E-state index in [1.807, 2.05) is 0 Å². The van der Waals surface area contributed by atoms with Crippen molar-refractivity contribution in [1.82, 2.24) is 0 Å². The van der Waals surface area contributed by atoms with Crippen LogP contribution in [0.3, 0.4) is 0 Å². The van der Waals surface area contributed by atoms with Gasteiger partial charge in [0.25, 0.3) is 0 Å². The lowest BCUT2D eigenvalue weighted by atomic mass is 9.81. The molecule has 2 aliphatic carbocycles. The first-order valence-electron chi connectivity index (χ1n) is 18.5. The standard InChI is InChI=1S/C52H36/c1-52(2)47-27-25-36(30-45(47)46-28-33-16-6-7-17-34(33)31-48(46)52)51-41-22-12-10-20-39(41)50(40-21-11-13-23-42(40)51)35-24-26-43-44(29-35)37-18-8-9-19-38(37)49(43)32-14-4-3-5-15-32/h3-31,49H,1-2H3. The summed E-state index contributed by atoms with van der Waals surface area (Å²) in [4.78, 5) is 0. The minimum absolute atomic E-state index is 0.0626. The molecule has 0 spiro atoms. The highest BCUT2D eigenvalue weighted by atomic mass is 14.4. The molecule has 0 nitrogen and oxygen atoms in total. The Morgan fingerprint density at radius 1 is 0.365 bits per heavy atom. The number of fused-ring (bicyclic) bond motifs is 9. The first kappa shape index (κ1) is 29.5. The van der Waals surface area contributed by atoms with Crippen LogP contribution in [0, 0.1) is 0 Å². The molecule has 0 heterocycles. The zero-order chi connectivity index (χ0) is 34.6. The zero-order valence-electron chi connectivity index (χ0n) is 29.3. The van der Waals surface area contributed by atoms with Gasteiger partial charge in [-0.15, -0.1) is 0 Å². The van der Waals surface area contributed by atoms with E-state index in [9.17, 15) is 0 Å². The van der Waals surface area contributed by atoms with Crippen molar-refractivity contribution >= 4 is 32.3 Å². The van der Waals surface area contributed by atoms with Crippen LogP contribution in [0.4, 0.5) is 0 Å². The van der Waals surface area contributed by atoms with Crippen molar-refractivity contribution in [1.29, 1.82) is 0 Å². The van der Waals surface area contributed by atoms with E-state index in [4.69, 9.17) is 0 Å². The molecule has 244 valence electrons. The first-order valence-corrected chi connectivity index (χ1v) is 18.5. The quantitative estimate of drug-likeness (QED) is 0.165.